The van der Waals surface area contributed by atoms with E-state index in [-0.39, 0.29) is 25.3 Å². The molecule has 22 heavy (non-hydrogen) atoms. The van der Waals surface area contributed by atoms with Crippen LogP contribution in [0.4, 0.5) is 0 Å². The Kier molecular flexibility index (Phi) is 5.11. The van der Waals surface area contributed by atoms with Crippen LogP contribution >= 0.6 is 11.6 Å². The van der Waals surface area contributed by atoms with Gasteiger partial charge in [0.15, 0.2) is 5.82 Å². The van der Waals surface area contributed by atoms with Crippen LogP contribution in [0.2, 0.25) is 5.02 Å². The minimum Gasteiger partial charge on any atom is -0.481 e. The third-order valence-electron chi connectivity index (χ3n) is 2.91. The number of hydrogen-bond donors (Lipinski definition) is 2. The first kappa shape index (κ1) is 16.0. The summed E-state index contributed by atoms with van der Waals surface area (Å²) in [6.45, 7) is 2.09. The number of aromatic nitrogens is 3. The second-order valence-electron chi connectivity index (χ2n) is 4.71. The Morgan fingerprint density at radius 3 is 2.77 bits per heavy atom. The molecule has 2 rings (SSSR count). The standard InChI is InChI=1S/C14H15ClN4O3/c1-9-2-3-10(6-16-12(20)4-5-13(21)22)14(18-9)19-8-11(15)7-17-19/h2-3,7-8H,4-6H2,1H3,(H,16,20)(H,21,22). The molecule has 0 aliphatic heterocycles. The molecule has 8 heteroatoms. The van der Waals surface area contributed by atoms with E-state index in [0.29, 0.717) is 10.8 Å². The van der Waals surface area contributed by atoms with E-state index in [1.807, 2.05) is 19.1 Å². The predicted octanol–water partition coefficient (Wildman–Crippen LogP) is 1.71. The molecule has 0 aliphatic rings. The van der Waals surface area contributed by atoms with Gasteiger partial charge in [-0.3, -0.25) is 9.59 Å². The first-order valence-corrected chi connectivity index (χ1v) is 6.99. The maximum absolute atomic E-state index is 11.6. The van der Waals surface area contributed by atoms with Crippen molar-refractivity contribution in [2.24, 2.45) is 0 Å². The molecule has 0 radical (unpaired) electrons. The van der Waals surface area contributed by atoms with Crippen molar-refractivity contribution in [1.82, 2.24) is 20.1 Å². The predicted molar refractivity (Wildman–Crippen MR) is 79.8 cm³/mol. The third kappa shape index (κ3) is 4.29. The van der Waals surface area contributed by atoms with E-state index in [2.05, 4.69) is 15.4 Å². The molecule has 2 N–H and O–H groups in total. The monoisotopic (exact) mass is 322 g/mol. The van der Waals surface area contributed by atoms with E-state index in [1.165, 1.54) is 10.9 Å². The Hall–Kier alpha value is -2.41. The highest BCUT2D eigenvalue weighted by atomic mass is 35.5. The van der Waals surface area contributed by atoms with E-state index in [0.717, 1.165) is 11.3 Å². The van der Waals surface area contributed by atoms with Gasteiger partial charge in [-0.2, -0.15) is 5.10 Å². The Bertz CT molecular complexity index is 699. The number of amides is 1. The lowest BCUT2D eigenvalue weighted by atomic mass is 10.2. The van der Waals surface area contributed by atoms with Gasteiger partial charge in [0, 0.05) is 24.2 Å². The number of nitrogens with one attached hydrogen (secondary N) is 1. The zero-order chi connectivity index (χ0) is 16.1. The third-order valence-corrected chi connectivity index (χ3v) is 3.10. The quantitative estimate of drug-likeness (QED) is 0.843. The van der Waals surface area contributed by atoms with Gasteiger partial charge in [-0.15, -0.1) is 0 Å². The summed E-state index contributed by atoms with van der Waals surface area (Å²) in [4.78, 5) is 26.4. The molecule has 0 aromatic carbocycles. The number of halogens is 1. The number of carbonyl (C=O) groups is 2. The van der Waals surface area contributed by atoms with Crippen molar-refractivity contribution in [2.45, 2.75) is 26.3 Å². The van der Waals surface area contributed by atoms with Gasteiger partial charge >= 0.3 is 5.97 Å². The minimum atomic E-state index is -1.00. The molecule has 0 unspecified atom stereocenters. The normalized spacial score (nSPS) is 10.5. The summed E-state index contributed by atoms with van der Waals surface area (Å²) < 4.78 is 1.54. The lowest BCUT2D eigenvalue weighted by Gasteiger charge is -2.10. The number of aryl methyl sites for hydroxylation is 1. The highest BCUT2D eigenvalue weighted by Crippen LogP contribution is 2.15. The maximum atomic E-state index is 11.6. The zero-order valence-corrected chi connectivity index (χ0v) is 12.7. The summed E-state index contributed by atoms with van der Waals surface area (Å²) >= 11 is 5.86. The van der Waals surface area contributed by atoms with Crippen molar-refractivity contribution in [1.29, 1.82) is 0 Å². The maximum Gasteiger partial charge on any atom is 0.303 e. The molecule has 0 aliphatic carbocycles. The van der Waals surface area contributed by atoms with Crippen LogP contribution in [-0.4, -0.2) is 31.7 Å². The van der Waals surface area contributed by atoms with Crippen molar-refractivity contribution in [3.05, 3.63) is 40.8 Å². The van der Waals surface area contributed by atoms with Crippen molar-refractivity contribution in [3.63, 3.8) is 0 Å². The lowest BCUT2D eigenvalue weighted by molar-refractivity contribution is -0.138. The lowest BCUT2D eigenvalue weighted by Crippen LogP contribution is -2.24. The van der Waals surface area contributed by atoms with E-state index >= 15 is 0 Å². The molecule has 7 nitrogen and oxygen atoms in total. The highest BCUT2D eigenvalue weighted by Gasteiger charge is 2.11. The molecule has 2 aromatic heterocycles. The molecule has 2 heterocycles. The summed E-state index contributed by atoms with van der Waals surface area (Å²) in [5.74, 6) is -0.753. The van der Waals surface area contributed by atoms with Crippen LogP contribution in [0.5, 0.6) is 0 Å². The zero-order valence-electron chi connectivity index (χ0n) is 11.9. The van der Waals surface area contributed by atoms with Gasteiger partial charge in [0.1, 0.15) is 0 Å². The summed E-state index contributed by atoms with van der Waals surface area (Å²) in [5, 5.41) is 15.8. The Morgan fingerprint density at radius 1 is 1.36 bits per heavy atom. The smallest absolute Gasteiger partial charge is 0.303 e. The second kappa shape index (κ2) is 7.04. The fourth-order valence-corrected chi connectivity index (χ4v) is 1.96. The largest absolute Gasteiger partial charge is 0.481 e. The first-order valence-electron chi connectivity index (χ1n) is 6.61. The van der Waals surface area contributed by atoms with Crippen molar-refractivity contribution >= 4 is 23.5 Å². The van der Waals surface area contributed by atoms with E-state index in [9.17, 15) is 9.59 Å². The Morgan fingerprint density at radius 2 is 2.14 bits per heavy atom. The average Bonchev–Trinajstić information content (AvgIpc) is 2.90. The van der Waals surface area contributed by atoms with Gasteiger partial charge in [0.25, 0.3) is 0 Å². The van der Waals surface area contributed by atoms with Crippen LogP contribution in [0.3, 0.4) is 0 Å². The number of pyridine rings is 1. The SMILES string of the molecule is Cc1ccc(CNC(=O)CCC(=O)O)c(-n2cc(Cl)cn2)n1. The van der Waals surface area contributed by atoms with E-state index < -0.39 is 5.97 Å². The van der Waals surface area contributed by atoms with E-state index in [1.54, 1.807) is 6.20 Å². The van der Waals surface area contributed by atoms with Gasteiger partial charge in [0.05, 0.1) is 23.8 Å². The Labute approximate surface area is 131 Å². The number of rotatable bonds is 6. The fourth-order valence-electron chi connectivity index (χ4n) is 1.83. The van der Waals surface area contributed by atoms with Gasteiger partial charge < -0.3 is 10.4 Å². The van der Waals surface area contributed by atoms with Gasteiger partial charge in [0.2, 0.25) is 5.91 Å². The summed E-state index contributed by atoms with van der Waals surface area (Å²) in [6.07, 6.45) is 2.87. The molecule has 116 valence electrons. The topological polar surface area (TPSA) is 97.1 Å². The molecular formula is C14H15ClN4O3. The number of aliphatic carboxylic acids is 1. The molecule has 0 spiro atoms. The second-order valence-corrected chi connectivity index (χ2v) is 5.15. The van der Waals surface area contributed by atoms with Gasteiger partial charge in [-0.25, -0.2) is 9.67 Å². The number of carbonyl (C=O) groups excluding carboxylic acids is 1. The average molecular weight is 323 g/mol. The minimum absolute atomic E-state index is 0.0580. The van der Waals surface area contributed by atoms with Crippen LogP contribution in [0.15, 0.2) is 24.5 Å². The van der Waals surface area contributed by atoms with Crippen molar-refractivity contribution in [3.8, 4) is 5.82 Å². The van der Waals surface area contributed by atoms with Crippen LogP contribution < -0.4 is 5.32 Å². The fraction of sp³-hybridized carbons (Fsp3) is 0.286. The molecule has 0 saturated carbocycles. The van der Waals surface area contributed by atoms with Gasteiger partial charge in [-0.1, -0.05) is 17.7 Å². The summed E-state index contributed by atoms with van der Waals surface area (Å²) in [7, 11) is 0. The van der Waals surface area contributed by atoms with Crippen LogP contribution in [0, 0.1) is 6.92 Å². The Balaban J connectivity index is 2.11. The molecule has 0 fully saturated rings. The summed E-state index contributed by atoms with van der Waals surface area (Å²) in [5.41, 5.74) is 1.57. The molecule has 2 aromatic rings. The number of carboxylic acids is 1. The van der Waals surface area contributed by atoms with E-state index in [4.69, 9.17) is 16.7 Å². The highest BCUT2D eigenvalue weighted by molar-refractivity contribution is 6.30. The summed E-state index contributed by atoms with van der Waals surface area (Å²) in [6, 6.07) is 3.66. The number of hydrogen-bond acceptors (Lipinski definition) is 4. The van der Waals surface area contributed by atoms with Gasteiger partial charge in [-0.05, 0) is 13.0 Å². The number of nitrogens with zero attached hydrogens (tertiary/aromatic N) is 3. The van der Waals surface area contributed by atoms with Crippen LogP contribution in [0.25, 0.3) is 5.82 Å². The van der Waals surface area contributed by atoms with Crippen molar-refractivity contribution < 1.29 is 14.7 Å². The first-order chi connectivity index (χ1) is 10.5. The molecule has 0 bridgehead atoms. The van der Waals surface area contributed by atoms with Crippen LogP contribution in [-0.2, 0) is 16.1 Å². The molecule has 0 atom stereocenters. The molecular weight excluding hydrogens is 308 g/mol. The molecule has 1 amide bonds. The number of carboxylic acid groups (broad SMARTS) is 1. The molecule has 0 saturated heterocycles. The van der Waals surface area contributed by atoms with Crippen LogP contribution in [0.1, 0.15) is 24.1 Å². The van der Waals surface area contributed by atoms with Crippen molar-refractivity contribution in [2.75, 3.05) is 0 Å².